The molecule has 1 amide bonds. The number of hydrogen-bond donors (Lipinski definition) is 1. The number of amides is 1. The van der Waals surface area contributed by atoms with Gasteiger partial charge in [0.2, 0.25) is 12.7 Å². The average molecular weight is 450 g/mol. The Morgan fingerprint density at radius 2 is 1.88 bits per heavy atom. The Morgan fingerprint density at radius 3 is 2.73 bits per heavy atom. The minimum atomic E-state index is -0.101. The van der Waals surface area contributed by atoms with Crippen molar-refractivity contribution in [3.63, 3.8) is 0 Å². The molecule has 0 spiro atoms. The molecule has 2 aromatic carbocycles. The Kier molecular flexibility index (Phi) is 6.55. The van der Waals surface area contributed by atoms with Crippen LogP contribution in [0.25, 0.3) is 11.3 Å². The predicted molar refractivity (Wildman–Crippen MR) is 121 cm³/mol. The molecule has 1 saturated heterocycles. The number of ether oxygens (including phenoxy) is 3. The highest BCUT2D eigenvalue weighted by atomic mass is 16.7. The molecule has 0 aliphatic carbocycles. The topological polar surface area (TPSA) is 86.1 Å². The molecule has 1 aromatic heterocycles. The monoisotopic (exact) mass is 449 g/mol. The van der Waals surface area contributed by atoms with Crippen LogP contribution in [0.5, 0.6) is 11.5 Å². The highest BCUT2D eigenvalue weighted by molar-refractivity contribution is 5.77. The van der Waals surface area contributed by atoms with E-state index in [9.17, 15) is 4.79 Å². The molecule has 0 unspecified atom stereocenters. The third-order valence-corrected chi connectivity index (χ3v) is 5.90. The molecule has 2 aliphatic heterocycles. The van der Waals surface area contributed by atoms with E-state index in [4.69, 9.17) is 18.7 Å². The second-order valence-electron chi connectivity index (χ2n) is 8.35. The first kappa shape index (κ1) is 21.5. The quantitative estimate of drug-likeness (QED) is 0.564. The predicted octanol–water partition coefficient (Wildman–Crippen LogP) is 3.37. The molecular weight excluding hydrogens is 422 g/mol. The fraction of sp³-hybridized carbons (Fsp3) is 0.360. The molecule has 172 valence electrons. The molecule has 0 radical (unpaired) electrons. The average Bonchev–Trinajstić information content (AvgIpc) is 3.50. The summed E-state index contributed by atoms with van der Waals surface area (Å²) in [5, 5.41) is 7.12. The summed E-state index contributed by atoms with van der Waals surface area (Å²) in [5.41, 5.74) is 2.79. The molecule has 0 saturated carbocycles. The van der Waals surface area contributed by atoms with Crippen LogP contribution in [0, 0.1) is 0 Å². The fourth-order valence-corrected chi connectivity index (χ4v) is 4.16. The summed E-state index contributed by atoms with van der Waals surface area (Å²) in [6.07, 6.45) is 1.89. The summed E-state index contributed by atoms with van der Waals surface area (Å²) in [4.78, 5) is 14.7. The van der Waals surface area contributed by atoms with Crippen molar-refractivity contribution < 1.29 is 23.5 Å². The van der Waals surface area contributed by atoms with Gasteiger partial charge in [-0.2, -0.15) is 0 Å². The van der Waals surface area contributed by atoms with E-state index < -0.39 is 0 Å². The lowest BCUT2D eigenvalue weighted by molar-refractivity contribution is -0.127. The van der Waals surface area contributed by atoms with Gasteiger partial charge in [0, 0.05) is 37.3 Å². The van der Waals surface area contributed by atoms with Gasteiger partial charge >= 0.3 is 0 Å². The van der Waals surface area contributed by atoms with Crippen molar-refractivity contribution in [3.8, 4) is 22.8 Å². The van der Waals surface area contributed by atoms with Crippen LogP contribution in [0.4, 0.5) is 0 Å². The van der Waals surface area contributed by atoms with Crippen LogP contribution >= 0.6 is 0 Å². The van der Waals surface area contributed by atoms with Gasteiger partial charge in [0.25, 0.3) is 0 Å². The van der Waals surface area contributed by atoms with Crippen LogP contribution < -0.4 is 14.8 Å². The molecule has 3 aromatic rings. The van der Waals surface area contributed by atoms with Gasteiger partial charge in [-0.1, -0.05) is 35.5 Å². The molecule has 3 heterocycles. The van der Waals surface area contributed by atoms with Crippen LogP contribution in [0.1, 0.15) is 24.1 Å². The number of nitrogens with zero attached hydrogens (tertiary/aromatic N) is 2. The Morgan fingerprint density at radius 1 is 1.06 bits per heavy atom. The lowest BCUT2D eigenvalue weighted by Gasteiger charge is -2.32. The van der Waals surface area contributed by atoms with E-state index in [-0.39, 0.29) is 32.0 Å². The van der Waals surface area contributed by atoms with Crippen molar-refractivity contribution >= 4 is 5.91 Å². The highest BCUT2D eigenvalue weighted by Crippen LogP contribution is 2.36. The van der Waals surface area contributed by atoms with E-state index >= 15 is 0 Å². The molecule has 8 nitrogen and oxygen atoms in total. The minimum absolute atomic E-state index is 0.00352. The van der Waals surface area contributed by atoms with Crippen molar-refractivity contribution in [3.05, 3.63) is 65.9 Å². The summed E-state index contributed by atoms with van der Waals surface area (Å²) in [6.45, 7) is 3.33. The maximum atomic E-state index is 12.3. The molecule has 0 atom stereocenters. The van der Waals surface area contributed by atoms with Gasteiger partial charge in [-0.25, -0.2) is 0 Å². The van der Waals surface area contributed by atoms with E-state index in [1.807, 2.05) is 24.3 Å². The molecule has 0 bridgehead atoms. The number of nitrogens with one attached hydrogen (secondary N) is 1. The van der Waals surface area contributed by atoms with Crippen LogP contribution in [0.3, 0.4) is 0 Å². The zero-order valence-electron chi connectivity index (χ0n) is 18.4. The summed E-state index contributed by atoms with van der Waals surface area (Å²) in [6, 6.07) is 18.1. The number of hydrogen-bond acceptors (Lipinski definition) is 7. The van der Waals surface area contributed by atoms with E-state index in [1.165, 1.54) is 5.56 Å². The number of rotatable bonds is 8. The van der Waals surface area contributed by atoms with Gasteiger partial charge in [0.15, 0.2) is 17.3 Å². The van der Waals surface area contributed by atoms with Crippen molar-refractivity contribution in [2.24, 2.45) is 0 Å². The Bertz CT molecular complexity index is 1080. The van der Waals surface area contributed by atoms with Gasteiger partial charge < -0.3 is 24.1 Å². The Labute approximate surface area is 192 Å². The number of aromatic nitrogens is 1. The van der Waals surface area contributed by atoms with E-state index in [2.05, 4.69) is 39.6 Å². The van der Waals surface area contributed by atoms with Crippen LogP contribution in [0.15, 0.2) is 59.1 Å². The van der Waals surface area contributed by atoms with Gasteiger partial charge in [0.1, 0.15) is 12.3 Å². The second kappa shape index (κ2) is 10.1. The third kappa shape index (κ3) is 5.53. The first-order valence-electron chi connectivity index (χ1n) is 11.2. The van der Waals surface area contributed by atoms with Crippen molar-refractivity contribution in [1.29, 1.82) is 0 Å². The van der Waals surface area contributed by atoms with Gasteiger partial charge in [0.05, 0.1) is 6.61 Å². The van der Waals surface area contributed by atoms with E-state index in [0.29, 0.717) is 17.2 Å². The number of benzene rings is 2. The van der Waals surface area contributed by atoms with E-state index in [1.54, 1.807) is 6.07 Å². The lowest BCUT2D eigenvalue weighted by atomic mass is 10.0. The summed E-state index contributed by atoms with van der Waals surface area (Å²) < 4.78 is 21.7. The SMILES string of the molecule is O=C(COCc1cc(-c2ccc3c(c2)OCO3)on1)NC1CCN(Cc2ccccc2)CC1. The van der Waals surface area contributed by atoms with Gasteiger partial charge in [-0.3, -0.25) is 9.69 Å². The highest BCUT2D eigenvalue weighted by Gasteiger charge is 2.21. The Hall–Kier alpha value is -3.36. The molecule has 1 N–H and O–H groups in total. The van der Waals surface area contributed by atoms with Gasteiger partial charge in [-0.15, -0.1) is 0 Å². The third-order valence-electron chi connectivity index (χ3n) is 5.90. The number of carbonyl (C=O) groups excluding carboxylic acids is 1. The lowest BCUT2D eigenvalue weighted by Crippen LogP contribution is -2.45. The second-order valence-corrected chi connectivity index (χ2v) is 8.35. The van der Waals surface area contributed by atoms with Crippen molar-refractivity contribution in [2.45, 2.75) is 32.0 Å². The summed E-state index contributed by atoms with van der Waals surface area (Å²) >= 11 is 0. The summed E-state index contributed by atoms with van der Waals surface area (Å²) in [5.74, 6) is 1.91. The summed E-state index contributed by atoms with van der Waals surface area (Å²) in [7, 11) is 0. The smallest absolute Gasteiger partial charge is 0.246 e. The zero-order valence-corrected chi connectivity index (χ0v) is 18.4. The molecule has 5 rings (SSSR count). The molecule has 1 fully saturated rings. The van der Waals surface area contributed by atoms with Crippen LogP contribution in [-0.2, 0) is 22.7 Å². The largest absolute Gasteiger partial charge is 0.454 e. The maximum Gasteiger partial charge on any atom is 0.246 e. The first-order chi connectivity index (χ1) is 16.2. The van der Waals surface area contributed by atoms with Crippen molar-refractivity contribution in [2.75, 3.05) is 26.5 Å². The number of piperidine rings is 1. The molecule has 8 heteroatoms. The number of carbonyl (C=O) groups is 1. The zero-order chi connectivity index (χ0) is 22.5. The first-order valence-corrected chi connectivity index (χ1v) is 11.2. The normalized spacial score (nSPS) is 16.1. The Balaban J connectivity index is 1.02. The number of fused-ring (bicyclic) bond motifs is 1. The van der Waals surface area contributed by atoms with Crippen LogP contribution in [0.2, 0.25) is 0 Å². The molecular formula is C25H27N3O5. The van der Waals surface area contributed by atoms with Crippen molar-refractivity contribution in [1.82, 2.24) is 15.4 Å². The van der Waals surface area contributed by atoms with Crippen LogP contribution in [-0.4, -0.2) is 48.5 Å². The van der Waals surface area contributed by atoms with E-state index in [0.717, 1.165) is 43.8 Å². The standard InChI is InChI=1S/C25H27N3O5/c29-25(26-20-8-10-28(11-9-20)14-18-4-2-1-3-5-18)16-30-15-21-13-23(33-27-21)19-6-7-22-24(12-19)32-17-31-22/h1-7,12-13,20H,8-11,14-17H2,(H,26,29). The van der Waals surface area contributed by atoms with Gasteiger partial charge in [-0.05, 0) is 36.6 Å². The fourth-order valence-electron chi connectivity index (χ4n) is 4.16. The number of likely N-dealkylation sites (tertiary alicyclic amines) is 1. The maximum absolute atomic E-state index is 12.3. The minimum Gasteiger partial charge on any atom is -0.454 e. The molecule has 33 heavy (non-hydrogen) atoms. The molecule has 2 aliphatic rings.